The first kappa shape index (κ1) is 14.7. The van der Waals surface area contributed by atoms with Gasteiger partial charge in [-0.25, -0.2) is 9.97 Å². The molecule has 0 spiro atoms. The van der Waals surface area contributed by atoms with E-state index in [1.807, 2.05) is 4.68 Å². The Bertz CT molecular complexity index is 569. The molecule has 3 heterocycles. The standard InChI is InChI=1S/C15H23N5S/c1-15(2,3)14-18-12(9-21-14)7-19-6-4-5-13(19)8-20-11-16-10-17-20/h9-11,13H,4-8H2,1-3H3. The Morgan fingerprint density at radius 2 is 2.24 bits per heavy atom. The van der Waals surface area contributed by atoms with Crippen LogP contribution in [0.5, 0.6) is 0 Å². The van der Waals surface area contributed by atoms with Crippen molar-refractivity contribution in [2.45, 2.75) is 58.2 Å². The van der Waals surface area contributed by atoms with Crippen molar-refractivity contribution in [2.75, 3.05) is 6.54 Å². The summed E-state index contributed by atoms with van der Waals surface area (Å²) in [6.07, 6.45) is 5.90. The molecule has 2 aromatic rings. The Labute approximate surface area is 130 Å². The molecule has 0 saturated carbocycles. The number of rotatable bonds is 4. The van der Waals surface area contributed by atoms with Crippen molar-refractivity contribution in [2.24, 2.45) is 0 Å². The largest absolute Gasteiger partial charge is 0.293 e. The normalized spacial score (nSPS) is 20.2. The van der Waals surface area contributed by atoms with Gasteiger partial charge in [0.15, 0.2) is 0 Å². The van der Waals surface area contributed by atoms with E-state index < -0.39 is 0 Å². The molecule has 1 aliphatic heterocycles. The van der Waals surface area contributed by atoms with Gasteiger partial charge in [0.05, 0.1) is 17.2 Å². The predicted octanol–water partition coefficient (Wildman–Crippen LogP) is 2.70. The van der Waals surface area contributed by atoms with Gasteiger partial charge in [0.25, 0.3) is 0 Å². The minimum Gasteiger partial charge on any atom is -0.293 e. The molecule has 0 amide bonds. The summed E-state index contributed by atoms with van der Waals surface area (Å²) >= 11 is 1.78. The molecule has 2 aromatic heterocycles. The summed E-state index contributed by atoms with van der Waals surface area (Å²) in [4.78, 5) is 11.4. The summed E-state index contributed by atoms with van der Waals surface area (Å²) in [6, 6.07) is 0.548. The molecule has 0 radical (unpaired) electrons. The van der Waals surface area contributed by atoms with Crippen LogP contribution in [0.2, 0.25) is 0 Å². The maximum atomic E-state index is 4.82. The van der Waals surface area contributed by atoms with E-state index in [2.05, 4.69) is 41.1 Å². The lowest BCUT2D eigenvalue weighted by Crippen LogP contribution is -2.32. The second-order valence-electron chi connectivity index (χ2n) is 6.78. The Morgan fingerprint density at radius 3 is 2.90 bits per heavy atom. The molecule has 1 saturated heterocycles. The lowest BCUT2D eigenvalue weighted by molar-refractivity contribution is 0.217. The molecule has 5 nitrogen and oxygen atoms in total. The van der Waals surface area contributed by atoms with Crippen LogP contribution in [-0.2, 0) is 18.5 Å². The number of likely N-dealkylation sites (tertiary alicyclic amines) is 1. The third-order valence-electron chi connectivity index (χ3n) is 3.92. The summed E-state index contributed by atoms with van der Waals surface area (Å²) in [5, 5.41) is 7.66. The van der Waals surface area contributed by atoms with Gasteiger partial charge >= 0.3 is 0 Å². The summed E-state index contributed by atoms with van der Waals surface area (Å²) in [6.45, 7) is 9.70. The van der Waals surface area contributed by atoms with E-state index in [0.29, 0.717) is 6.04 Å². The average Bonchev–Trinajstić information content (AvgIpc) is 3.12. The van der Waals surface area contributed by atoms with E-state index in [1.165, 1.54) is 23.5 Å². The first-order valence-corrected chi connectivity index (χ1v) is 8.42. The first-order valence-electron chi connectivity index (χ1n) is 7.54. The monoisotopic (exact) mass is 305 g/mol. The van der Waals surface area contributed by atoms with E-state index in [9.17, 15) is 0 Å². The molecule has 3 rings (SSSR count). The number of hydrogen-bond donors (Lipinski definition) is 0. The van der Waals surface area contributed by atoms with Crippen molar-refractivity contribution in [3.05, 3.63) is 28.7 Å². The van der Waals surface area contributed by atoms with E-state index in [0.717, 1.165) is 19.6 Å². The number of hydrogen-bond acceptors (Lipinski definition) is 5. The Morgan fingerprint density at radius 1 is 1.38 bits per heavy atom. The molecular weight excluding hydrogens is 282 g/mol. The summed E-state index contributed by atoms with van der Waals surface area (Å²) in [5.41, 5.74) is 1.35. The zero-order valence-corrected chi connectivity index (χ0v) is 13.8. The highest BCUT2D eigenvalue weighted by molar-refractivity contribution is 7.09. The first-order chi connectivity index (χ1) is 10.0. The van der Waals surface area contributed by atoms with Gasteiger partial charge in [0.1, 0.15) is 12.7 Å². The Balaban J connectivity index is 1.64. The molecule has 114 valence electrons. The van der Waals surface area contributed by atoms with E-state index in [4.69, 9.17) is 4.98 Å². The average molecular weight is 305 g/mol. The second-order valence-corrected chi connectivity index (χ2v) is 7.64. The van der Waals surface area contributed by atoms with E-state index >= 15 is 0 Å². The van der Waals surface area contributed by atoms with Crippen LogP contribution in [0.25, 0.3) is 0 Å². The lowest BCUT2D eigenvalue weighted by atomic mass is 9.98. The van der Waals surface area contributed by atoms with Crippen LogP contribution in [0.4, 0.5) is 0 Å². The highest BCUT2D eigenvalue weighted by atomic mass is 32.1. The van der Waals surface area contributed by atoms with Crippen LogP contribution in [-0.4, -0.2) is 37.2 Å². The van der Waals surface area contributed by atoms with Gasteiger partial charge in [-0.05, 0) is 19.4 Å². The molecule has 0 N–H and O–H groups in total. The summed E-state index contributed by atoms with van der Waals surface area (Å²) in [7, 11) is 0. The van der Waals surface area contributed by atoms with Crippen LogP contribution in [0.1, 0.15) is 44.3 Å². The fourth-order valence-electron chi connectivity index (χ4n) is 2.79. The van der Waals surface area contributed by atoms with Gasteiger partial charge in [-0.15, -0.1) is 11.3 Å². The third-order valence-corrected chi connectivity index (χ3v) is 5.24. The van der Waals surface area contributed by atoms with Crippen molar-refractivity contribution in [1.29, 1.82) is 0 Å². The number of nitrogens with zero attached hydrogens (tertiary/aromatic N) is 5. The molecule has 1 aliphatic rings. The SMILES string of the molecule is CC(C)(C)c1nc(CN2CCCC2Cn2cncn2)cs1. The van der Waals surface area contributed by atoms with Gasteiger partial charge in [-0.3, -0.25) is 9.58 Å². The van der Waals surface area contributed by atoms with E-state index in [1.54, 1.807) is 24.0 Å². The zero-order chi connectivity index (χ0) is 14.9. The van der Waals surface area contributed by atoms with Crippen LogP contribution < -0.4 is 0 Å². The highest BCUT2D eigenvalue weighted by Gasteiger charge is 2.26. The Hall–Kier alpha value is -1.27. The molecule has 1 fully saturated rings. The maximum absolute atomic E-state index is 4.82. The van der Waals surface area contributed by atoms with Gasteiger partial charge in [-0.1, -0.05) is 20.8 Å². The Kier molecular flexibility index (Phi) is 4.08. The van der Waals surface area contributed by atoms with Crippen LogP contribution >= 0.6 is 11.3 Å². The van der Waals surface area contributed by atoms with Crippen molar-refractivity contribution in [3.63, 3.8) is 0 Å². The topological polar surface area (TPSA) is 46.8 Å². The van der Waals surface area contributed by atoms with Crippen LogP contribution in [0, 0.1) is 0 Å². The van der Waals surface area contributed by atoms with Crippen molar-refractivity contribution >= 4 is 11.3 Å². The smallest absolute Gasteiger partial charge is 0.137 e. The van der Waals surface area contributed by atoms with Gasteiger partial charge in [-0.2, -0.15) is 5.10 Å². The highest BCUT2D eigenvalue weighted by Crippen LogP contribution is 2.27. The fourth-order valence-corrected chi connectivity index (χ4v) is 3.68. The quantitative estimate of drug-likeness (QED) is 0.871. The molecule has 0 aliphatic carbocycles. The second kappa shape index (κ2) is 5.85. The zero-order valence-electron chi connectivity index (χ0n) is 13.0. The molecule has 0 aromatic carbocycles. The molecule has 21 heavy (non-hydrogen) atoms. The van der Waals surface area contributed by atoms with Gasteiger partial charge in [0, 0.05) is 23.4 Å². The summed E-state index contributed by atoms with van der Waals surface area (Å²) < 4.78 is 1.94. The predicted molar refractivity (Wildman–Crippen MR) is 84.3 cm³/mol. The molecule has 6 heteroatoms. The van der Waals surface area contributed by atoms with Crippen LogP contribution in [0.15, 0.2) is 18.0 Å². The van der Waals surface area contributed by atoms with Gasteiger partial charge < -0.3 is 0 Å². The summed E-state index contributed by atoms with van der Waals surface area (Å²) in [5.74, 6) is 0. The van der Waals surface area contributed by atoms with Crippen molar-refractivity contribution in [3.8, 4) is 0 Å². The van der Waals surface area contributed by atoms with Crippen molar-refractivity contribution < 1.29 is 0 Å². The van der Waals surface area contributed by atoms with Gasteiger partial charge in [0.2, 0.25) is 0 Å². The van der Waals surface area contributed by atoms with Crippen molar-refractivity contribution in [1.82, 2.24) is 24.6 Å². The molecule has 0 bridgehead atoms. The maximum Gasteiger partial charge on any atom is 0.137 e. The van der Waals surface area contributed by atoms with E-state index in [-0.39, 0.29) is 5.41 Å². The minimum absolute atomic E-state index is 0.147. The molecular formula is C15H23N5S. The minimum atomic E-state index is 0.147. The molecule has 1 atom stereocenters. The number of aromatic nitrogens is 4. The van der Waals surface area contributed by atoms with Crippen LogP contribution in [0.3, 0.4) is 0 Å². The third kappa shape index (κ3) is 3.49. The molecule has 1 unspecified atom stereocenters. The fraction of sp³-hybridized carbons (Fsp3) is 0.667. The number of thiazole rings is 1. The lowest BCUT2D eigenvalue weighted by Gasteiger charge is -2.23.